The molecule has 1 aliphatic heterocycles. The first-order valence-corrected chi connectivity index (χ1v) is 9.38. The van der Waals surface area contributed by atoms with E-state index in [0.29, 0.717) is 13.2 Å². The molecule has 2 amide bonds. The number of carbonyl (C=O) groups is 2. The Morgan fingerprint density at radius 1 is 1.33 bits per heavy atom. The molecular weight excluding hydrogens is 344 g/mol. The van der Waals surface area contributed by atoms with E-state index in [-0.39, 0.29) is 18.5 Å². The number of hydrogen-bond acceptors (Lipinski definition) is 4. The number of amides is 2. The van der Waals surface area contributed by atoms with Crippen LogP contribution in [-0.4, -0.2) is 46.4 Å². The average Bonchev–Trinajstić information content (AvgIpc) is 3.25. The van der Waals surface area contributed by atoms with Gasteiger partial charge in [-0.3, -0.25) is 9.69 Å². The maximum Gasteiger partial charge on any atom is 0.410 e. The number of carbonyl (C=O) groups excluding carboxylic acids is 2. The fourth-order valence-corrected chi connectivity index (χ4v) is 3.77. The topological polar surface area (TPSA) is 76.5 Å². The molecular formula is C20H24N4O3. The second-order valence-corrected chi connectivity index (χ2v) is 7.28. The Hall–Kier alpha value is -2.83. The van der Waals surface area contributed by atoms with E-state index in [9.17, 15) is 9.59 Å². The molecule has 4 rings (SSSR count). The number of nitrogens with one attached hydrogen (secondary N) is 1. The zero-order valence-corrected chi connectivity index (χ0v) is 15.7. The number of fused-ring (bicyclic) bond motifs is 1. The van der Waals surface area contributed by atoms with Gasteiger partial charge in [-0.05, 0) is 56.4 Å². The van der Waals surface area contributed by atoms with Gasteiger partial charge in [0.2, 0.25) is 5.91 Å². The second-order valence-electron chi connectivity index (χ2n) is 7.28. The Balaban J connectivity index is 1.52. The zero-order chi connectivity index (χ0) is 19.0. The number of nitrogens with zero attached hydrogens (tertiary/aromatic N) is 3. The molecule has 2 aliphatic rings. The fraction of sp³-hybridized carbons (Fsp3) is 0.450. The van der Waals surface area contributed by atoms with Gasteiger partial charge < -0.3 is 10.1 Å². The summed E-state index contributed by atoms with van der Waals surface area (Å²) in [4.78, 5) is 25.3. The molecule has 1 aromatic heterocycles. The molecule has 1 aromatic carbocycles. The van der Waals surface area contributed by atoms with Crippen molar-refractivity contribution in [1.29, 1.82) is 0 Å². The number of aryl methyl sites for hydroxylation is 2. The highest BCUT2D eigenvalue weighted by molar-refractivity contribution is 5.83. The van der Waals surface area contributed by atoms with Crippen molar-refractivity contribution in [3.05, 3.63) is 46.8 Å². The van der Waals surface area contributed by atoms with E-state index in [2.05, 4.69) is 42.5 Å². The Morgan fingerprint density at radius 2 is 2.19 bits per heavy atom. The van der Waals surface area contributed by atoms with Gasteiger partial charge in [0, 0.05) is 11.3 Å². The second kappa shape index (κ2) is 7.06. The van der Waals surface area contributed by atoms with Crippen molar-refractivity contribution in [3.63, 3.8) is 0 Å². The third kappa shape index (κ3) is 3.41. The van der Waals surface area contributed by atoms with Gasteiger partial charge in [-0.2, -0.15) is 5.10 Å². The smallest absolute Gasteiger partial charge is 0.410 e. The molecule has 0 bridgehead atoms. The summed E-state index contributed by atoms with van der Waals surface area (Å²) in [5.41, 5.74) is 5.75. The van der Waals surface area contributed by atoms with Crippen molar-refractivity contribution in [2.75, 3.05) is 19.7 Å². The van der Waals surface area contributed by atoms with Crippen LogP contribution in [0.3, 0.4) is 0 Å². The van der Waals surface area contributed by atoms with Gasteiger partial charge in [0.15, 0.2) is 0 Å². The maximum absolute atomic E-state index is 12.4. The summed E-state index contributed by atoms with van der Waals surface area (Å²) in [5, 5.41) is 7.66. The van der Waals surface area contributed by atoms with Crippen LogP contribution in [0.2, 0.25) is 0 Å². The highest BCUT2D eigenvalue weighted by atomic mass is 16.6. The normalized spacial score (nSPS) is 19.0. The molecule has 2 aromatic rings. The van der Waals surface area contributed by atoms with E-state index in [4.69, 9.17) is 4.74 Å². The van der Waals surface area contributed by atoms with Crippen LogP contribution in [0, 0.1) is 13.8 Å². The van der Waals surface area contributed by atoms with Gasteiger partial charge in [-0.1, -0.05) is 6.07 Å². The quantitative estimate of drug-likeness (QED) is 0.899. The van der Waals surface area contributed by atoms with Gasteiger partial charge in [0.1, 0.15) is 13.2 Å². The zero-order valence-electron chi connectivity index (χ0n) is 15.7. The molecule has 7 heteroatoms. The summed E-state index contributed by atoms with van der Waals surface area (Å²) in [7, 11) is 0. The lowest BCUT2D eigenvalue weighted by atomic mass is 9.92. The highest BCUT2D eigenvalue weighted by Crippen LogP contribution is 2.31. The number of rotatable bonds is 4. The lowest BCUT2D eigenvalue weighted by molar-refractivity contribution is -0.122. The van der Waals surface area contributed by atoms with E-state index in [1.165, 1.54) is 16.0 Å². The van der Waals surface area contributed by atoms with Crippen LogP contribution < -0.4 is 5.32 Å². The Labute approximate surface area is 158 Å². The molecule has 1 aliphatic carbocycles. The molecule has 1 unspecified atom stereocenters. The third-order valence-corrected chi connectivity index (χ3v) is 5.43. The Kier molecular flexibility index (Phi) is 4.59. The van der Waals surface area contributed by atoms with Crippen LogP contribution in [0.5, 0.6) is 0 Å². The largest absolute Gasteiger partial charge is 0.448 e. The first kappa shape index (κ1) is 17.6. The first-order valence-electron chi connectivity index (χ1n) is 9.38. The van der Waals surface area contributed by atoms with Crippen molar-refractivity contribution in [2.24, 2.45) is 0 Å². The lowest BCUT2D eigenvalue weighted by Crippen LogP contribution is -2.40. The molecule has 0 radical (unpaired) electrons. The number of aromatic nitrogens is 2. The van der Waals surface area contributed by atoms with Crippen molar-refractivity contribution >= 4 is 12.0 Å². The van der Waals surface area contributed by atoms with Crippen molar-refractivity contribution in [2.45, 2.75) is 39.2 Å². The molecule has 2 heterocycles. The maximum atomic E-state index is 12.4. The summed E-state index contributed by atoms with van der Waals surface area (Å²) in [6, 6.07) is 6.26. The van der Waals surface area contributed by atoms with E-state index >= 15 is 0 Å². The Bertz CT molecular complexity index is 889. The molecule has 1 saturated heterocycles. The molecule has 1 N–H and O–H groups in total. The number of hydrogen-bond donors (Lipinski definition) is 1. The third-order valence-electron chi connectivity index (χ3n) is 5.43. The van der Waals surface area contributed by atoms with Gasteiger partial charge in [-0.15, -0.1) is 0 Å². The number of benzene rings is 1. The SMILES string of the molecule is Cc1ccc(-n2ncc3c2CCCC3NC(=O)CN2CCOC2=O)cc1C. The fourth-order valence-electron chi connectivity index (χ4n) is 3.77. The predicted octanol–water partition coefficient (Wildman–Crippen LogP) is 2.43. The van der Waals surface area contributed by atoms with Crippen LogP contribution in [0.25, 0.3) is 5.69 Å². The average molecular weight is 368 g/mol. The minimum Gasteiger partial charge on any atom is -0.448 e. The van der Waals surface area contributed by atoms with Crippen LogP contribution in [0.15, 0.2) is 24.4 Å². The minimum atomic E-state index is -0.419. The molecule has 27 heavy (non-hydrogen) atoms. The Morgan fingerprint density at radius 3 is 2.93 bits per heavy atom. The van der Waals surface area contributed by atoms with Crippen LogP contribution >= 0.6 is 0 Å². The summed E-state index contributed by atoms with van der Waals surface area (Å²) in [6.07, 6.45) is 4.24. The molecule has 1 atom stereocenters. The van der Waals surface area contributed by atoms with Gasteiger partial charge in [0.25, 0.3) is 0 Å². The van der Waals surface area contributed by atoms with Crippen LogP contribution in [0.4, 0.5) is 4.79 Å². The summed E-state index contributed by atoms with van der Waals surface area (Å²) < 4.78 is 6.86. The first-order chi connectivity index (χ1) is 13.0. The molecule has 0 spiro atoms. The minimum absolute atomic E-state index is 0.0377. The lowest BCUT2D eigenvalue weighted by Gasteiger charge is -2.25. The molecule has 142 valence electrons. The van der Waals surface area contributed by atoms with Crippen molar-refractivity contribution in [1.82, 2.24) is 20.0 Å². The number of ether oxygens (including phenoxy) is 1. The van der Waals surface area contributed by atoms with E-state index < -0.39 is 6.09 Å². The van der Waals surface area contributed by atoms with Crippen molar-refractivity contribution in [3.8, 4) is 5.69 Å². The summed E-state index contributed by atoms with van der Waals surface area (Å²) >= 11 is 0. The molecule has 0 saturated carbocycles. The summed E-state index contributed by atoms with van der Waals surface area (Å²) in [6.45, 7) is 5.05. The predicted molar refractivity (Wildman–Crippen MR) is 99.8 cm³/mol. The standard InChI is InChI=1S/C20H24N4O3/c1-13-6-7-15(10-14(13)2)24-18-5-3-4-17(16(18)11-21-24)22-19(25)12-23-8-9-27-20(23)26/h6-7,10-11,17H,3-5,8-9,12H2,1-2H3,(H,22,25). The summed E-state index contributed by atoms with van der Waals surface area (Å²) in [5.74, 6) is -0.161. The highest BCUT2D eigenvalue weighted by Gasteiger charge is 2.29. The number of cyclic esters (lactones) is 1. The van der Waals surface area contributed by atoms with Crippen LogP contribution in [-0.2, 0) is 16.0 Å². The van der Waals surface area contributed by atoms with Gasteiger partial charge in [-0.25, -0.2) is 9.48 Å². The van der Waals surface area contributed by atoms with Gasteiger partial charge >= 0.3 is 6.09 Å². The van der Waals surface area contributed by atoms with Crippen molar-refractivity contribution < 1.29 is 14.3 Å². The monoisotopic (exact) mass is 368 g/mol. The van der Waals surface area contributed by atoms with Gasteiger partial charge in [0.05, 0.1) is 24.5 Å². The molecule has 7 nitrogen and oxygen atoms in total. The van der Waals surface area contributed by atoms with E-state index in [1.54, 1.807) is 0 Å². The van der Waals surface area contributed by atoms with E-state index in [1.807, 2.05) is 10.9 Å². The molecule has 1 fully saturated rings. The van der Waals surface area contributed by atoms with E-state index in [0.717, 1.165) is 36.2 Å². The van der Waals surface area contributed by atoms with Crippen LogP contribution in [0.1, 0.15) is 41.3 Å².